The van der Waals surface area contributed by atoms with E-state index >= 15 is 0 Å². The Morgan fingerprint density at radius 1 is 0.548 bits per heavy atom. The third kappa shape index (κ3) is 3.14. The van der Waals surface area contributed by atoms with Crippen LogP contribution in [0.5, 0.6) is 0 Å². The van der Waals surface area contributed by atoms with Gasteiger partial charge in [0.25, 0.3) is 0 Å². The molecule has 0 fully saturated rings. The molecule has 3 heterocycles. The molecule has 6 aromatic carbocycles. The number of fused-ring (bicyclic) bond motifs is 9. The minimum absolute atomic E-state index is 0.678. The van der Waals surface area contributed by atoms with Gasteiger partial charge >= 0.3 is 0 Å². The van der Waals surface area contributed by atoms with E-state index in [1.165, 1.54) is 53.2 Å². The smallest absolute Gasteiger partial charge is 0.0991 e. The molecule has 0 atom stereocenters. The lowest BCUT2D eigenvalue weighted by Crippen LogP contribution is -1.94. The predicted octanol–water partition coefficient (Wildman–Crippen LogP) is 10.4. The first-order valence-electron chi connectivity index (χ1n) is 14.1. The lowest BCUT2D eigenvalue weighted by Gasteiger charge is -2.10. The van der Waals surface area contributed by atoms with Gasteiger partial charge in [-0.1, -0.05) is 60.2 Å². The molecule has 42 heavy (non-hydrogen) atoms. The van der Waals surface area contributed by atoms with E-state index in [0.717, 1.165) is 27.5 Å². The van der Waals surface area contributed by atoms with Crippen LogP contribution in [-0.2, 0) is 0 Å². The predicted molar refractivity (Wildman–Crippen MR) is 177 cm³/mol. The molecule has 0 spiro atoms. The second kappa shape index (κ2) is 8.57. The number of para-hydroxylation sites is 2. The molecule has 9 rings (SSSR count). The van der Waals surface area contributed by atoms with E-state index in [9.17, 15) is 5.26 Å². The fraction of sp³-hybridized carbons (Fsp3) is 0.0263. The van der Waals surface area contributed by atoms with Gasteiger partial charge in [-0.15, -0.1) is 11.3 Å². The van der Waals surface area contributed by atoms with Gasteiger partial charge in [0.1, 0.15) is 0 Å². The third-order valence-corrected chi connectivity index (χ3v) is 9.80. The molecule has 0 bridgehead atoms. The summed E-state index contributed by atoms with van der Waals surface area (Å²) >= 11 is 1.86. The monoisotopic (exact) mass is 553 g/mol. The van der Waals surface area contributed by atoms with E-state index < -0.39 is 0 Å². The molecule has 0 radical (unpaired) electrons. The number of benzene rings is 6. The molecule has 0 aliphatic heterocycles. The Balaban J connectivity index is 1.33. The molecule has 0 aliphatic rings. The number of aryl methyl sites for hydroxylation is 1. The van der Waals surface area contributed by atoms with E-state index in [2.05, 4.69) is 131 Å². The summed E-state index contributed by atoms with van der Waals surface area (Å²) in [6, 6.07) is 45.8. The van der Waals surface area contributed by atoms with Crippen molar-refractivity contribution in [3.05, 3.63) is 132 Å². The van der Waals surface area contributed by atoms with Crippen LogP contribution in [0, 0.1) is 18.3 Å². The molecule has 0 aliphatic carbocycles. The molecule has 0 saturated heterocycles. The van der Waals surface area contributed by atoms with Crippen LogP contribution in [0.4, 0.5) is 0 Å². The van der Waals surface area contributed by atoms with Crippen LogP contribution in [0.1, 0.15) is 11.1 Å². The zero-order valence-corrected chi connectivity index (χ0v) is 23.6. The summed E-state index contributed by atoms with van der Waals surface area (Å²) in [6.45, 7) is 2.16. The Bertz CT molecular complexity index is 2600. The van der Waals surface area contributed by atoms with Gasteiger partial charge in [0.15, 0.2) is 0 Å². The number of rotatable bonds is 2. The van der Waals surface area contributed by atoms with Crippen LogP contribution >= 0.6 is 11.3 Å². The van der Waals surface area contributed by atoms with E-state index in [1.807, 2.05) is 23.5 Å². The van der Waals surface area contributed by atoms with Crippen LogP contribution in [0.2, 0.25) is 0 Å². The fourth-order valence-corrected chi connectivity index (χ4v) is 7.94. The van der Waals surface area contributed by atoms with E-state index in [-0.39, 0.29) is 0 Å². The SMILES string of the molecule is Cc1ccc2c(c1)c1ccccc1n2-c1cccc2c1sc1ccc(-n3c4ccccc4c4cc(C#N)ccc43)cc12. The van der Waals surface area contributed by atoms with Gasteiger partial charge in [0.2, 0.25) is 0 Å². The molecular formula is C38H23N3S. The van der Waals surface area contributed by atoms with E-state index in [1.54, 1.807) is 0 Å². The van der Waals surface area contributed by atoms with Crippen molar-refractivity contribution in [2.75, 3.05) is 0 Å². The van der Waals surface area contributed by atoms with Crippen LogP contribution in [0.3, 0.4) is 0 Å². The van der Waals surface area contributed by atoms with Crippen molar-refractivity contribution in [1.29, 1.82) is 5.26 Å². The van der Waals surface area contributed by atoms with Crippen molar-refractivity contribution < 1.29 is 0 Å². The highest BCUT2D eigenvalue weighted by Crippen LogP contribution is 2.42. The van der Waals surface area contributed by atoms with E-state index in [0.29, 0.717) is 5.56 Å². The number of hydrogen-bond acceptors (Lipinski definition) is 2. The maximum absolute atomic E-state index is 9.55. The fourth-order valence-electron chi connectivity index (χ4n) is 6.75. The zero-order valence-electron chi connectivity index (χ0n) is 22.8. The molecule has 3 aromatic heterocycles. The zero-order chi connectivity index (χ0) is 27.9. The van der Waals surface area contributed by atoms with Gasteiger partial charge in [-0.2, -0.15) is 5.26 Å². The highest BCUT2D eigenvalue weighted by Gasteiger charge is 2.18. The Morgan fingerprint density at radius 3 is 2.02 bits per heavy atom. The van der Waals surface area contributed by atoms with Crippen LogP contribution in [-0.4, -0.2) is 9.13 Å². The Labute approximate surface area is 245 Å². The lowest BCUT2D eigenvalue weighted by atomic mass is 10.1. The van der Waals surface area contributed by atoms with Crippen molar-refractivity contribution in [1.82, 2.24) is 9.13 Å². The summed E-state index contributed by atoms with van der Waals surface area (Å²) in [4.78, 5) is 0. The first kappa shape index (κ1) is 23.3. The Kier molecular flexibility index (Phi) is 4.76. The lowest BCUT2D eigenvalue weighted by molar-refractivity contribution is 1.19. The third-order valence-electron chi connectivity index (χ3n) is 8.59. The van der Waals surface area contributed by atoms with Crippen molar-refractivity contribution in [2.45, 2.75) is 6.92 Å². The normalized spacial score (nSPS) is 11.9. The molecule has 3 nitrogen and oxygen atoms in total. The van der Waals surface area contributed by atoms with Gasteiger partial charge in [0, 0.05) is 42.7 Å². The summed E-state index contributed by atoms with van der Waals surface area (Å²) in [7, 11) is 0. The highest BCUT2D eigenvalue weighted by molar-refractivity contribution is 7.26. The second-order valence-electron chi connectivity index (χ2n) is 11.0. The molecular weight excluding hydrogens is 531 g/mol. The van der Waals surface area contributed by atoms with Gasteiger partial charge in [-0.05, 0) is 73.7 Å². The average Bonchev–Trinajstić information content (AvgIpc) is 3.68. The number of hydrogen-bond donors (Lipinski definition) is 0. The number of thiophene rings is 1. The topological polar surface area (TPSA) is 33.6 Å². The first-order chi connectivity index (χ1) is 20.7. The average molecular weight is 554 g/mol. The highest BCUT2D eigenvalue weighted by atomic mass is 32.1. The Morgan fingerprint density at radius 2 is 1.21 bits per heavy atom. The van der Waals surface area contributed by atoms with Gasteiger partial charge < -0.3 is 9.13 Å². The standard InChI is InChI=1S/C38H23N3S/c1-23-13-16-35-29(19-23)26-7-3-5-11-33(26)41(35)36-12-6-9-28-31-21-25(15-18-37(31)42-38(28)36)40-32-10-4-2-8-27(32)30-20-24(22-39)14-17-34(30)40/h2-21H,1H3. The summed E-state index contributed by atoms with van der Waals surface area (Å²) in [6.07, 6.45) is 0. The van der Waals surface area contributed by atoms with Crippen LogP contribution in [0.25, 0.3) is 75.2 Å². The largest absolute Gasteiger partial charge is 0.309 e. The van der Waals surface area contributed by atoms with Crippen molar-refractivity contribution in [3.8, 4) is 17.4 Å². The molecule has 0 unspecified atom stereocenters. The number of nitrogens with zero attached hydrogens (tertiary/aromatic N) is 3. The van der Waals surface area contributed by atoms with Crippen LogP contribution < -0.4 is 0 Å². The quantitative estimate of drug-likeness (QED) is 0.210. The molecule has 9 aromatic rings. The minimum Gasteiger partial charge on any atom is -0.309 e. The van der Waals surface area contributed by atoms with E-state index in [4.69, 9.17) is 0 Å². The molecule has 196 valence electrons. The van der Waals surface area contributed by atoms with Gasteiger partial charge in [-0.3, -0.25) is 0 Å². The Hall–Kier alpha value is -5.37. The summed E-state index contributed by atoms with van der Waals surface area (Å²) in [5, 5.41) is 16.9. The van der Waals surface area contributed by atoms with Crippen molar-refractivity contribution in [2.24, 2.45) is 0 Å². The van der Waals surface area contributed by atoms with Gasteiger partial charge in [0.05, 0.1) is 44.1 Å². The molecule has 0 amide bonds. The maximum Gasteiger partial charge on any atom is 0.0991 e. The second-order valence-corrected chi connectivity index (χ2v) is 12.1. The van der Waals surface area contributed by atoms with Gasteiger partial charge in [-0.25, -0.2) is 0 Å². The maximum atomic E-state index is 9.55. The van der Waals surface area contributed by atoms with Crippen LogP contribution in [0.15, 0.2) is 121 Å². The number of aromatic nitrogens is 2. The summed E-state index contributed by atoms with van der Waals surface area (Å²) in [5.41, 5.74) is 8.99. The molecule has 4 heteroatoms. The number of nitriles is 1. The summed E-state index contributed by atoms with van der Waals surface area (Å²) in [5.74, 6) is 0. The minimum atomic E-state index is 0.678. The molecule has 0 N–H and O–H groups in total. The summed E-state index contributed by atoms with van der Waals surface area (Å²) < 4.78 is 7.32. The molecule has 0 saturated carbocycles. The van der Waals surface area contributed by atoms with Crippen molar-refractivity contribution >= 4 is 75.1 Å². The first-order valence-corrected chi connectivity index (χ1v) is 14.9. The van der Waals surface area contributed by atoms with Crippen molar-refractivity contribution in [3.63, 3.8) is 0 Å².